The summed E-state index contributed by atoms with van der Waals surface area (Å²) >= 11 is 10.3. The summed E-state index contributed by atoms with van der Waals surface area (Å²) in [5.74, 6) is 0.0759. The maximum Gasteiger partial charge on any atom is 0.235 e. The molecule has 0 radical (unpaired) electrons. The second kappa shape index (κ2) is 6.54. The van der Waals surface area contributed by atoms with Crippen LogP contribution in [0.4, 0.5) is 0 Å². The van der Waals surface area contributed by atoms with Gasteiger partial charge < -0.3 is 10.6 Å². The van der Waals surface area contributed by atoms with E-state index >= 15 is 0 Å². The van der Waals surface area contributed by atoms with Gasteiger partial charge in [0.25, 0.3) is 0 Å². The van der Waals surface area contributed by atoms with Gasteiger partial charge in [0.15, 0.2) is 0 Å². The lowest BCUT2D eigenvalue weighted by Gasteiger charge is -2.37. The summed E-state index contributed by atoms with van der Waals surface area (Å²) in [6.45, 7) is 0.602. The minimum absolute atomic E-state index is 0.0759. The van der Waals surface area contributed by atoms with Crippen LogP contribution >= 0.6 is 39.5 Å². The summed E-state index contributed by atoms with van der Waals surface area (Å²) in [6.07, 6.45) is 4.80. The highest BCUT2D eigenvalue weighted by Gasteiger charge is 2.43. The molecular formula is C14H19BrN2OS2. The smallest absolute Gasteiger partial charge is 0.235 e. The Bertz CT molecular complexity index is 509. The zero-order valence-corrected chi connectivity index (χ0v) is 14.7. The number of carbonyl (C=O) groups is 1. The van der Waals surface area contributed by atoms with Crippen LogP contribution in [-0.2, 0) is 11.3 Å². The van der Waals surface area contributed by atoms with Gasteiger partial charge in [-0.25, -0.2) is 0 Å². The van der Waals surface area contributed by atoms with Crippen LogP contribution in [0.25, 0.3) is 0 Å². The Balaban J connectivity index is 2.12. The first-order valence-corrected chi connectivity index (χ1v) is 8.82. The topological polar surface area (TPSA) is 46.3 Å². The Morgan fingerprint density at radius 3 is 2.65 bits per heavy atom. The zero-order valence-electron chi connectivity index (χ0n) is 11.5. The molecule has 2 rings (SSSR count). The molecule has 3 nitrogen and oxygen atoms in total. The van der Waals surface area contributed by atoms with E-state index in [0.717, 1.165) is 35.0 Å². The van der Waals surface area contributed by atoms with E-state index in [-0.39, 0.29) is 5.91 Å². The second-order valence-electron chi connectivity index (χ2n) is 5.43. The van der Waals surface area contributed by atoms with E-state index in [1.165, 1.54) is 6.42 Å². The number of hydrogen-bond acceptors (Lipinski definition) is 3. The molecule has 0 bridgehead atoms. The zero-order chi connectivity index (χ0) is 14.8. The van der Waals surface area contributed by atoms with Gasteiger partial charge in [-0.3, -0.25) is 4.79 Å². The van der Waals surface area contributed by atoms with Crippen LogP contribution in [0.5, 0.6) is 0 Å². The highest BCUT2D eigenvalue weighted by atomic mass is 79.9. The molecule has 2 N–H and O–H groups in total. The van der Waals surface area contributed by atoms with Crippen molar-refractivity contribution >= 4 is 50.4 Å². The third-order valence-corrected chi connectivity index (χ3v) is 5.92. The van der Waals surface area contributed by atoms with Crippen molar-refractivity contribution in [2.24, 2.45) is 11.1 Å². The minimum Gasteiger partial charge on any atom is -0.392 e. The van der Waals surface area contributed by atoms with Crippen molar-refractivity contribution in [2.45, 2.75) is 38.6 Å². The molecule has 0 atom stereocenters. The predicted octanol–water partition coefficient (Wildman–Crippen LogP) is 3.71. The summed E-state index contributed by atoms with van der Waals surface area (Å²) in [7, 11) is 1.84. The van der Waals surface area contributed by atoms with Crippen molar-refractivity contribution < 1.29 is 4.79 Å². The van der Waals surface area contributed by atoms with E-state index in [0.29, 0.717) is 11.5 Å². The summed E-state index contributed by atoms with van der Waals surface area (Å²) in [6, 6.07) is 2.04. The lowest BCUT2D eigenvalue weighted by Crippen LogP contribution is -2.50. The number of amides is 1. The van der Waals surface area contributed by atoms with E-state index in [4.69, 9.17) is 18.0 Å². The summed E-state index contributed by atoms with van der Waals surface area (Å²) in [4.78, 5) is 14.9. The fourth-order valence-electron chi connectivity index (χ4n) is 2.86. The quantitative estimate of drug-likeness (QED) is 0.817. The van der Waals surface area contributed by atoms with E-state index < -0.39 is 5.41 Å². The van der Waals surface area contributed by atoms with Crippen molar-refractivity contribution in [1.29, 1.82) is 0 Å². The molecule has 1 aromatic rings. The third kappa shape index (κ3) is 3.23. The molecule has 1 amide bonds. The molecule has 1 fully saturated rings. The van der Waals surface area contributed by atoms with Crippen molar-refractivity contribution in [3.05, 3.63) is 20.8 Å². The molecule has 1 aliphatic rings. The Kier molecular flexibility index (Phi) is 5.20. The van der Waals surface area contributed by atoms with Gasteiger partial charge in [-0.1, -0.05) is 31.5 Å². The van der Waals surface area contributed by atoms with Crippen molar-refractivity contribution in [3.8, 4) is 0 Å². The lowest BCUT2D eigenvalue weighted by atomic mass is 9.73. The second-order valence-corrected chi connectivity index (χ2v) is 8.16. The summed E-state index contributed by atoms with van der Waals surface area (Å²) in [5.41, 5.74) is 6.43. The SMILES string of the molecule is CN(Cc1csc(Br)c1)C(=O)C1(C(N)=S)CCCCC1. The minimum atomic E-state index is -0.615. The first kappa shape index (κ1) is 15.9. The Morgan fingerprint density at radius 1 is 1.50 bits per heavy atom. The van der Waals surface area contributed by atoms with Gasteiger partial charge in [0, 0.05) is 13.6 Å². The van der Waals surface area contributed by atoms with Crippen molar-refractivity contribution in [3.63, 3.8) is 0 Å². The standard InChI is InChI=1S/C14H19BrN2OS2/c1-17(8-10-7-11(15)20-9-10)13(18)14(12(16)19)5-3-2-4-6-14/h7,9H,2-6,8H2,1H3,(H2,16,19). The summed E-state index contributed by atoms with van der Waals surface area (Å²) < 4.78 is 1.08. The van der Waals surface area contributed by atoms with Gasteiger partial charge in [-0.2, -0.15) is 0 Å². The monoisotopic (exact) mass is 374 g/mol. The maximum atomic E-state index is 12.8. The summed E-state index contributed by atoms with van der Waals surface area (Å²) in [5, 5.41) is 2.06. The van der Waals surface area contributed by atoms with Gasteiger partial charge in [0.2, 0.25) is 5.91 Å². The fourth-order valence-corrected chi connectivity index (χ4v) is 4.35. The number of rotatable bonds is 4. The Hall–Kier alpha value is -0.460. The van der Waals surface area contributed by atoms with Crippen LogP contribution in [0.1, 0.15) is 37.7 Å². The van der Waals surface area contributed by atoms with Crippen LogP contribution < -0.4 is 5.73 Å². The number of hydrogen-bond donors (Lipinski definition) is 1. The van der Waals surface area contributed by atoms with Crippen LogP contribution in [0.3, 0.4) is 0 Å². The molecule has 0 aliphatic heterocycles. The molecular weight excluding hydrogens is 356 g/mol. The van der Waals surface area contributed by atoms with E-state index in [1.807, 2.05) is 13.1 Å². The van der Waals surface area contributed by atoms with Gasteiger partial charge in [0.1, 0.15) is 0 Å². The first-order chi connectivity index (χ1) is 9.45. The average molecular weight is 375 g/mol. The molecule has 110 valence electrons. The predicted molar refractivity (Wildman–Crippen MR) is 90.8 cm³/mol. The maximum absolute atomic E-state index is 12.8. The number of nitrogens with two attached hydrogens (primary N) is 1. The van der Waals surface area contributed by atoms with E-state index in [1.54, 1.807) is 16.2 Å². The molecule has 1 heterocycles. The molecule has 20 heavy (non-hydrogen) atoms. The first-order valence-electron chi connectivity index (χ1n) is 6.74. The molecule has 1 aromatic heterocycles. The molecule has 0 aromatic carbocycles. The molecule has 0 unspecified atom stereocenters. The van der Waals surface area contributed by atoms with Gasteiger partial charge in [0.05, 0.1) is 14.2 Å². The van der Waals surface area contributed by atoms with Gasteiger partial charge >= 0.3 is 0 Å². The van der Waals surface area contributed by atoms with Crippen LogP contribution in [0, 0.1) is 5.41 Å². The molecule has 0 saturated heterocycles. The molecule has 0 spiro atoms. The number of thiocarbonyl (C=S) groups is 1. The van der Waals surface area contributed by atoms with Crippen LogP contribution in [-0.4, -0.2) is 22.8 Å². The fraction of sp³-hybridized carbons (Fsp3) is 0.571. The Labute approximate surface area is 137 Å². The number of nitrogens with zero attached hydrogens (tertiary/aromatic N) is 1. The largest absolute Gasteiger partial charge is 0.392 e. The highest BCUT2D eigenvalue weighted by molar-refractivity contribution is 9.11. The normalized spacial score (nSPS) is 17.7. The number of carbonyl (C=O) groups excluding carboxylic acids is 1. The van der Waals surface area contributed by atoms with E-state index in [2.05, 4.69) is 21.3 Å². The third-order valence-electron chi connectivity index (χ3n) is 3.98. The number of halogens is 1. The number of thiophene rings is 1. The van der Waals surface area contributed by atoms with Gasteiger partial charge in [-0.15, -0.1) is 11.3 Å². The van der Waals surface area contributed by atoms with Crippen LogP contribution in [0.2, 0.25) is 0 Å². The molecule has 1 aliphatic carbocycles. The van der Waals surface area contributed by atoms with Gasteiger partial charge in [-0.05, 0) is 45.8 Å². The van der Waals surface area contributed by atoms with E-state index in [9.17, 15) is 4.79 Å². The van der Waals surface area contributed by atoms with Crippen molar-refractivity contribution in [2.75, 3.05) is 7.05 Å². The van der Waals surface area contributed by atoms with Crippen molar-refractivity contribution in [1.82, 2.24) is 4.90 Å². The highest BCUT2D eigenvalue weighted by Crippen LogP contribution is 2.38. The Morgan fingerprint density at radius 2 is 2.15 bits per heavy atom. The average Bonchev–Trinajstić information content (AvgIpc) is 2.83. The van der Waals surface area contributed by atoms with Crippen LogP contribution in [0.15, 0.2) is 15.2 Å². The molecule has 1 saturated carbocycles. The lowest BCUT2D eigenvalue weighted by molar-refractivity contribution is -0.138. The molecule has 6 heteroatoms.